The summed E-state index contributed by atoms with van der Waals surface area (Å²) < 4.78 is 1.46. The number of nitrogens with zero attached hydrogens (tertiary/aromatic N) is 5. The van der Waals surface area contributed by atoms with Gasteiger partial charge in [-0.3, -0.25) is 4.79 Å². The van der Waals surface area contributed by atoms with Crippen molar-refractivity contribution < 1.29 is 4.79 Å². The topological polar surface area (TPSA) is 75.9 Å². The first-order valence-electron chi connectivity index (χ1n) is 6.28. The zero-order valence-corrected chi connectivity index (χ0v) is 11.4. The summed E-state index contributed by atoms with van der Waals surface area (Å²) in [6.45, 7) is 2.96. The highest BCUT2D eigenvalue weighted by Crippen LogP contribution is 2.20. The Morgan fingerprint density at radius 1 is 1.30 bits per heavy atom. The molecule has 1 N–H and O–H groups in total. The number of aromatic nitrogens is 4. The van der Waals surface area contributed by atoms with Crippen molar-refractivity contribution in [3.63, 3.8) is 0 Å². The molecule has 1 aromatic heterocycles. The van der Waals surface area contributed by atoms with Crippen LogP contribution in [0.5, 0.6) is 0 Å². The molecular weight excluding hydrogens is 280 g/mol. The second-order valence-electron chi connectivity index (χ2n) is 4.46. The maximum atomic E-state index is 12.6. The van der Waals surface area contributed by atoms with Crippen LogP contribution in [0.3, 0.4) is 0 Å². The molecule has 1 fully saturated rings. The molecular formula is C12H13ClN6O. The van der Waals surface area contributed by atoms with E-state index in [0.29, 0.717) is 29.4 Å². The lowest BCUT2D eigenvalue weighted by Crippen LogP contribution is -2.46. The second-order valence-corrected chi connectivity index (χ2v) is 4.89. The Bertz CT molecular complexity index is 608. The Morgan fingerprint density at radius 2 is 2.10 bits per heavy atom. The van der Waals surface area contributed by atoms with Crippen LogP contribution in [0, 0.1) is 0 Å². The summed E-state index contributed by atoms with van der Waals surface area (Å²) in [6.07, 6.45) is 1.46. The van der Waals surface area contributed by atoms with Gasteiger partial charge >= 0.3 is 0 Å². The van der Waals surface area contributed by atoms with E-state index in [9.17, 15) is 4.79 Å². The van der Waals surface area contributed by atoms with E-state index in [1.165, 1.54) is 11.0 Å². The average Bonchev–Trinajstić information content (AvgIpc) is 3.01. The van der Waals surface area contributed by atoms with E-state index < -0.39 is 0 Å². The van der Waals surface area contributed by atoms with Crippen LogP contribution >= 0.6 is 11.6 Å². The minimum Gasteiger partial charge on any atom is -0.336 e. The van der Waals surface area contributed by atoms with Gasteiger partial charge in [0.1, 0.15) is 6.33 Å². The summed E-state index contributed by atoms with van der Waals surface area (Å²) in [5, 5.41) is 14.8. The number of nitrogens with one attached hydrogen (secondary N) is 1. The van der Waals surface area contributed by atoms with Gasteiger partial charge in [0.25, 0.3) is 5.91 Å². The predicted molar refractivity (Wildman–Crippen MR) is 72.9 cm³/mol. The molecule has 0 saturated carbocycles. The number of piperazine rings is 1. The molecule has 1 saturated heterocycles. The molecule has 1 aromatic carbocycles. The van der Waals surface area contributed by atoms with E-state index in [2.05, 4.69) is 20.8 Å². The van der Waals surface area contributed by atoms with Gasteiger partial charge < -0.3 is 10.2 Å². The minimum atomic E-state index is -0.0560. The number of amides is 1. The molecule has 2 aromatic rings. The standard InChI is InChI=1S/C12H13ClN6O/c13-9-1-2-11(19-8-15-16-17-19)10(7-9)12(20)18-5-3-14-4-6-18/h1-2,7-8,14H,3-6H2. The highest BCUT2D eigenvalue weighted by atomic mass is 35.5. The third-order valence-electron chi connectivity index (χ3n) is 3.19. The normalized spacial score (nSPS) is 15.3. The molecule has 7 nitrogen and oxygen atoms in total. The molecule has 1 aliphatic heterocycles. The fourth-order valence-electron chi connectivity index (χ4n) is 2.19. The number of tetrazole rings is 1. The van der Waals surface area contributed by atoms with Crippen molar-refractivity contribution in [3.8, 4) is 5.69 Å². The Morgan fingerprint density at radius 3 is 2.80 bits per heavy atom. The summed E-state index contributed by atoms with van der Waals surface area (Å²) in [5.41, 5.74) is 1.13. The van der Waals surface area contributed by atoms with Crippen LogP contribution in [0.4, 0.5) is 0 Å². The molecule has 0 atom stereocenters. The van der Waals surface area contributed by atoms with Gasteiger partial charge in [0.05, 0.1) is 11.3 Å². The van der Waals surface area contributed by atoms with Crippen LogP contribution in [-0.2, 0) is 0 Å². The molecule has 20 heavy (non-hydrogen) atoms. The summed E-state index contributed by atoms with van der Waals surface area (Å²) in [4.78, 5) is 14.4. The highest BCUT2D eigenvalue weighted by Gasteiger charge is 2.22. The Balaban J connectivity index is 1.98. The fraction of sp³-hybridized carbons (Fsp3) is 0.333. The first kappa shape index (κ1) is 13.0. The lowest BCUT2D eigenvalue weighted by atomic mass is 10.1. The molecule has 0 aliphatic carbocycles. The van der Waals surface area contributed by atoms with Crippen LogP contribution < -0.4 is 5.32 Å². The Hall–Kier alpha value is -1.99. The smallest absolute Gasteiger partial charge is 0.256 e. The van der Waals surface area contributed by atoms with E-state index in [0.717, 1.165) is 13.1 Å². The van der Waals surface area contributed by atoms with Gasteiger partial charge in [-0.25, -0.2) is 0 Å². The molecule has 0 bridgehead atoms. The van der Waals surface area contributed by atoms with Crippen LogP contribution in [0.1, 0.15) is 10.4 Å². The number of hydrogen-bond donors (Lipinski definition) is 1. The Kier molecular flexibility index (Phi) is 3.62. The quantitative estimate of drug-likeness (QED) is 0.865. The third-order valence-corrected chi connectivity index (χ3v) is 3.42. The van der Waals surface area contributed by atoms with Gasteiger partial charge in [-0.1, -0.05) is 11.6 Å². The fourth-order valence-corrected chi connectivity index (χ4v) is 2.36. The van der Waals surface area contributed by atoms with Gasteiger partial charge in [0.15, 0.2) is 0 Å². The van der Waals surface area contributed by atoms with Gasteiger partial charge in [0, 0.05) is 31.2 Å². The molecule has 0 unspecified atom stereocenters. The lowest BCUT2D eigenvalue weighted by molar-refractivity contribution is 0.0735. The molecule has 1 amide bonds. The van der Waals surface area contributed by atoms with Crippen LogP contribution in [0.25, 0.3) is 5.69 Å². The SMILES string of the molecule is O=C(c1cc(Cl)ccc1-n1cnnn1)N1CCNCC1. The van der Waals surface area contributed by atoms with Crippen molar-refractivity contribution in [2.75, 3.05) is 26.2 Å². The largest absolute Gasteiger partial charge is 0.336 e. The number of carbonyl (C=O) groups is 1. The van der Waals surface area contributed by atoms with Crippen molar-refractivity contribution in [2.45, 2.75) is 0 Å². The van der Waals surface area contributed by atoms with Gasteiger partial charge in [0.2, 0.25) is 0 Å². The van der Waals surface area contributed by atoms with Crippen molar-refractivity contribution >= 4 is 17.5 Å². The number of halogens is 1. The van der Waals surface area contributed by atoms with Crippen molar-refractivity contribution in [1.29, 1.82) is 0 Å². The first-order chi connectivity index (χ1) is 9.75. The molecule has 0 spiro atoms. The van der Waals surface area contributed by atoms with Crippen LogP contribution in [0.2, 0.25) is 5.02 Å². The van der Waals surface area contributed by atoms with E-state index in [1.807, 2.05) is 0 Å². The minimum absolute atomic E-state index is 0.0560. The average molecular weight is 293 g/mol. The van der Waals surface area contributed by atoms with Crippen LogP contribution in [0.15, 0.2) is 24.5 Å². The third kappa shape index (κ3) is 2.50. The van der Waals surface area contributed by atoms with Crippen molar-refractivity contribution in [3.05, 3.63) is 35.1 Å². The summed E-state index contributed by atoms with van der Waals surface area (Å²) in [5.74, 6) is -0.0560. The summed E-state index contributed by atoms with van der Waals surface area (Å²) >= 11 is 6.02. The van der Waals surface area contributed by atoms with Gasteiger partial charge in [-0.2, -0.15) is 4.68 Å². The molecule has 8 heteroatoms. The van der Waals surface area contributed by atoms with Crippen molar-refractivity contribution in [2.24, 2.45) is 0 Å². The molecule has 2 heterocycles. The number of benzene rings is 1. The zero-order valence-electron chi connectivity index (χ0n) is 10.7. The number of hydrogen-bond acceptors (Lipinski definition) is 5. The molecule has 3 rings (SSSR count). The van der Waals surface area contributed by atoms with Gasteiger partial charge in [-0.05, 0) is 28.6 Å². The Labute approximate surface area is 120 Å². The number of carbonyl (C=O) groups excluding carboxylic acids is 1. The van der Waals surface area contributed by atoms with E-state index in [4.69, 9.17) is 11.6 Å². The molecule has 1 aliphatic rings. The maximum absolute atomic E-state index is 12.6. The van der Waals surface area contributed by atoms with Crippen LogP contribution in [-0.4, -0.2) is 57.2 Å². The maximum Gasteiger partial charge on any atom is 0.256 e. The number of rotatable bonds is 2. The van der Waals surface area contributed by atoms with E-state index >= 15 is 0 Å². The van der Waals surface area contributed by atoms with Gasteiger partial charge in [-0.15, -0.1) is 5.10 Å². The van der Waals surface area contributed by atoms with Crippen molar-refractivity contribution in [1.82, 2.24) is 30.4 Å². The van der Waals surface area contributed by atoms with E-state index in [1.54, 1.807) is 23.1 Å². The summed E-state index contributed by atoms with van der Waals surface area (Å²) in [7, 11) is 0. The molecule has 0 radical (unpaired) electrons. The predicted octanol–water partition coefficient (Wildman–Crippen LogP) is 0.361. The monoisotopic (exact) mass is 292 g/mol. The summed E-state index contributed by atoms with van der Waals surface area (Å²) in [6, 6.07) is 5.12. The highest BCUT2D eigenvalue weighted by molar-refractivity contribution is 6.31. The second kappa shape index (κ2) is 5.56. The zero-order chi connectivity index (χ0) is 13.9. The molecule has 104 valence electrons. The first-order valence-corrected chi connectivity index (χ1v) is 6.66. The lowest BCUT2D eigenvalue weighted by Gasteiger charge is -2.28. The van der Waals surface area contributed by atoms with E-state index in [-0.39, 0.29) is 5.91 Å².